The Hall–Kier alpha value is -4.45. The lowest BCUT2D eigenvalue weighted by Gasteiger charge is -2.34. The Kier molecular flexibility index (Phi) is 12.7. The van der Waals surface area contributed by atoms with E-state index in [1.165, 1.54) is 56.6 Å². The van der Waals surface area contributed by atoms with Crippen molar-refractivity contribution in [2.75, 3.05) is 32.2 Å². The minimum absolute atomic E-state index is 0.0171. The van der Waals surface area contributed by atoms with E-state index >= 15 is 0 Å². The number of rotatable bonds is 15. The standard InChI is InChI=1S/C38H41Cl2N3O7S/c1-48-34-18-16-29(40)22-32(34)43(51(46,47)31-17-19-35(49-2)36(23-31)50-3)25-37(44)42(24-27-12-9-13-28(39)20-27)33(21-26-10-5-4-6-11-26)38(45)41-30-14-7-8-15-30/h4-6,9-13,16-20,22-23,30,33H,7-8,14-15,21,24-25H2,1-3H3,(H,41,45)/t33-/m0/s1. The lowest BCUT2D eigenvalue weighted by atomic mass is 10.0. The van der Waals surface area contributed by atoms with Crippen molar-refractivity contribution in [1.82, 2.24) is 10.2 Å². The molecule has 5 rings (SSSR count). The van der Waals surface area contributed by atoms with Crippen LogP contribution in [0.4, 0.5) is 5.69 Å². The molecule has 0 saturated heterocycles. The summed E-state index contributed by atoms with van der Waals surface area (Å²) in [6, 6.07) is 24.0. The van der Waals surface area contributed by atoms with Crippen LogP contribution in [0.1, 0.15) is 36.8 Å². The van der Waals surface area contributed by atoms with Gasteiger partial charge in [-0.2, -0.15) is 0 Å². The van der Waals surface area contributed by atoms with Gasteiger partial charge in [-0.05, 0) is 66.4 Å². The zero-order valence-corrected chi connectivity index (χ0v) is 31.0. The maximum absolute atomic E-state index is 14.9. The number of carbonyl (C=O) groups is 2. The molecule has 0 heterocycles. The molecule has 1 fully saturated rings. The number of halogens is 2. The van der Waals surface area contributed by atoms with Crippen LogP contribution in [-0.4, -0.2) is 65.1 Å². The van der Waals surface area contributed by atoms with Gasteiger partial charge in [-0.1, -0.05) is 78.5 Å². The van der Waals surface area contributed by atoms with Gasteiger partial charge in [0, 0.05) is 35.1 Å². The summed E-state index contributed by atoms with van der Waals surface area (Å²) in [4.78, 5) is 30.4. The average molecular weight is 755 g/mol. The second-order valence-corrected chi connectivity index (χ2v) is 14.9. The summed E-state index contributed by atoms with van der Waals surface area (Å²) in [5, 5.41) is 3.84. The first-order valence-electron chi connectivity index (χ1n) is 16.5. The average Bonchev–Trinajstić information content (AvgIpc) is 3.65. The summed E-state index contributed by atoms with van der Waals surface area (Å²) in [6.07, 6.45) is 3.89. The molecule has 10 nitrogen and oxygen atoms in total. The molecule has 4 aromatic carbocycles. The number of amides is 2. The van der Waals surface area contributed by atoms with Crippen molar-refractivity contribution >= 4 is 50.7 Å². The molecule has 13 heteroatoms. The van der Waals surface area contributed by atoms with Crippen LogP contribution < -0.4 is 23.8 Å². The van der Waals surface area contributed by atoms with E-state index < -0.39 is 28.5 Å². The highest BCUT2D eigenvalue weighted by Crippen LogP contribution is 2.37. The Bertz CT molecular complexity index is 1940. The van der Waals surface area contributed by atoms with Crippen molar-refractivity contribution in [3.63, 3.8) is 0 Å². The minimum Gasteiger partial charge on any atom is -0.495 e. The van der Waals surface area contributed by atoms with Crippen LogP contribution in [0.3, 0.4) is 0 Å². The van der Waals surface area contributed by atoms with E-state index in [2.05, 4.69) is 5.32 Å². The third-order valence-electron chi connectivity index (χ3n) is 8.85. The summed E-state index contributed by atoms with van der Waals surface area (Å²) in [5.74, 6) is -0.294. The normalized spacial score (nSPS) is 13.7. The molecule has 0 radical (unpaired) electrons. The number of hydrogen-bond donors (Lipinski definition) is 1. The van der Waals surface area contributed by atoms with Gasteiger partial charge in [0.05, 0.1) is 31.9 Å². The fourth-order valence-corrected chi connectivity index (χ4v) is 8.04. The summed E-state index contributed by atoms with van der Waals surface area (Å²) in [6.45, 7) is -0.720. The van der Waals surface area contributed by atoms with Gasteiger partial charge in [-0.3, -0.25) is 13.9 Å². The molecule has 0 aliphatic heterocycles. The number of ether oxygens (including phenoxy) is 3. The molecule has 1 saturated carbocycles. The lowest BCUT2D eigenvalue weighted by molar-refractivity contribution is -0.140. The molecular formula is C38H41Cl2N3O7S. The molecule has 0 aromatic heterocycles. The fraction of sp³-hybridized carbons (Fsp3) is 0.316. The van der Waals surface area contributed by atoms with Crippen molar-refractivity contribution in [3.8, 4) is 17.2 Å². The Balaban J connectivity index is 1.63. The maximum Gasteiger partial charge on any atom is 0.265 e. The monoisotopic (exact) mass is 753 g/mol. The van der Waals surface area contributed by atoms with E-state index in [0.29, 0.717) is 16.3 Å². The molecule has 0 unspecified atom stereocenters. The highest BCUT2D eigenvalue weighted by molar-refractivity contribution is 7.92. The second kappa shape index (κ2) is 17.2. The zero-order valence-electron chi connectivity index (χ0n) is 28.7. The van der Waals surface area contributed by atoms with Gasteiger partial charge in [0.2, 0.25) is 11.8 Å². The number of benzene rings is 4. The largest absolute Gasteiger partial charge is 0.495 e. The van der Waals surface area contributed by atoms with E-state index in [1.807, 2.05) is 30.3 Å². The Labute approximate surface area is 309 Å². The van der Waals surface area contributed by atoms with Crippen LogP contribution >= 0.6 is 23.2 Å². The molecule has 1 N–H and O–H groups in total. The smallest absolute Gasteiger partial charge is 0.265 e. The molecule has 4 aromatic rings. The van der Waals surface area contributed by atoms with Gasteiger partial charge in [0.25, 0.3) is 10.0 Å². The molecule has 1 aliphatic rings. The van der Waals surface area contributed by atoms with Crippen LogP contribution in [0.15, 0.2) is 95.9 Å². The van der Waals surface area contributed by atoms with Crippen molar-refractivity contribution in [2.24, 2.45) is 0 Å². The minimum atomic E-state index is -4.50. The SMILES string of the molecule is COc1ccc(S(=O)(=O)N(CC(=O)N(Cc2cccc(Cl)c2)[C@@H](Cc2ccccc2)C(=O)NC2CCCC2)c2cc(Cl)ccc2OC)cc1OC. The molecule has 2 amide bonds. The van der Waals surface area contributed by atoms with Gasteiger partial charge in [0.1, 0.15) is 18.3 Å². The first kappa shape index (κ1) is 37.8. The van der Waals surface area contributed by atoms with Crippen molar-refractivity contribution in [3.05, 3.63) is 112 Å². The van der Waals surface area contributed by atoms with Crippen molar-refractivity contribution in [1.29, 1.82) is 0 Å². The van der Waals surface area contributed by atoms with Crippen LogP contribution in [0, 0.1) is 0 Å². The summed E-state index contributed by atoms with van der Waals surface area (Å²) in [7, 11) is -0.272. The molecular weight excluding hydrogens is 713 g/mol. The summed E-state index contributed by atoms with van der Waals surface area (Å²) in [5.41, 5.74) is 1.53. The molecule has 270 valence electrons. The fourth-order valence-electron chi connectivity index (χ4n) is 6.23. The Morgan fingerprint density at radius 1 is 0.784 bits per heavy atom. The van der Waals surface area contributed by atoms with Gasteiger partial charge in [0.15, 0.2) is 11.5 Å². The van der Waals surface area contributed by atoms with Crippen LogP contribution in [0.5, 0.6) is 17.2 Å². The predicted octanol–water partition coefficient (Wildman–Crippen LogP) is 6.91. The third-order valence-corrected chi connectivity index (χ3v) is 11.1. The van der Waals surface area contributed by atoms with E-state index in [4.69, 9.17) is 37.4 Å². The third kappa shape index (κ3) is 9.27. The van der Waals surface area contributed by atoms with Crippen LogP contribution in [-0.2, 0) is 32.6 Å². The van der Waals surface area contributed by atoms with Crippen molar-refractivity contribution < 1.29 is 32.2 Å². The topological polar surface area (TPSA) is 114 Å². The quantitative estimate of drug-likeness (QED) is 0.140. The zero-order chi connectivity index (χ0) is 36.5. The first-order chi connectivity index (χ1) is 24.5. The number of methoxy groups -OCH3 is 3. The number of sulfonamides is 1. The second-order valence-electron chi connectivity index (χ2n) is 12.2. The molecule has 0 spiro atoms. The number of hydrogen-bond acceptors (Lipinski definition) is 7. The van der Waals surface area contributed by atoms with E-state index in [1.54, 1.807) is 30.3 Å². The number of nitrogens with zero attached hydrogens (tertiary/aromatic N) is 2. The van der Waals surface area contributed by atoms with Crippen molar-refractivity contribution in [2.45, 2.75) is 55.6 Å². The molecule has 1 aliphatic carbocycles. The highest BCUT2D eigenvalue weighted by Gasteiger charge is 2.37. The van der Waals surface area contributed by atoms with Gasteiger partial charge in [-0.15, -0.1) is 0 Å². The number of anilines is 1. The van der Waals surface area contributed by atoms with E-state index in [-0.39, 0.29) is 52.0 Å². The molecule has 51 heavy (non-hydrogen) atoms. The Morgan fingerprint density at radius 3 is 2.10 bits per heavy atom. The highest BCUT2D eigenvalue weighted by atomic mass is 35.5. The van der Waals surface area contributed by atoms with Gasteiger partial charge in [-0.25, -0.2) is 8.42 Å². The molecule has 1 atom stereocenters. The summed E-state index contributed by atoms with van der Waals surface area (Å²) >= 11 is 12.8. The predicted molar refractivity (Wildman–Crippen MR) is 198 cm³/mol. The first-order valence-corrected chi connectivity index (χ1v) is 18.7. The van der Waals surface area contributed by atoms with Gasteiger partial charge >= 0.3 is 0 Å². The maximum atomic E-state index is 14.9. The summed E-state index contributed by atoms with van der Waals surface area (Å²) < 4.78 is 46.5. The van der Waals surface area contributed by atoms with E-state index in [9.17, 15) is 18.0 Å². The Morgan fingerprint density at radius 2 is 1.43 bits per heavy atom. The van der Waals surface area contributed by atoms with Crippen LogP contribution in [0.25, 0.3) is 0 Å². The van der Waals surface area contributed by atoms with Gasteiger partial charge < -0.3 is 24.4 Å². The van der Waals surface area contributed by atoms with E-state index in [0.717, 1.165) is 35.6 Å². The number of nitrogens with one attached hydrogen (secondary N) is 1. The van der Waals surface area contributed by atoms with Crippen LogP contribution in [0.2, 0.25) is 10.0 Å². The molecule has 0 bridgehead atoms. The number of carbonyl (C=O) groups excluding carboxylic acids is 2. The lowest BCUT2D eigenvalue weighted by Crippen LogP contribution is -2.54.